The molecule has 1 fully saturated rings. The van der Waals surface area contributed by atoms with Crippen LogP contribution in [0.3, 0.4) is 0 Å². The minimum Gasteiger partial charge on any atom is -0.390 e. The van der Waals surface area contributed by atoms with Gasteiger partial charge in [0.2, 0.25) is 0 Å². The quantitative estimate of drug-likeness (QED) is 0.801. The van der Waals surface area contributed by atoms with E-state index in [-0.39, 0.29) is 5.60 Å². The third kappa shape index (κ3) is 4.06. The molecule has 0 aromatic heterocycles. The van der Waals surface area contributed by atoms with E-state index in [0.717, 1.165) is 32.1 Å². The lowest BCUT2D eigenvalue weighted by atomic mass is 9.76. The van der Waals surface area contributed by atoms with Gasteiger partial charge in [-0.3, -0.25) is 0 Å². The summed E-state index contributed by atoms with van der Waals surface area (Å²) in [5.74, 6) is 0. The largest absolute Gasteiger partial charge is 0.390 e. The zero-order valence-electron chi connectivity index (χ0n) is 11.6. The van der Waals surface area contributed by atoms with Crippen LogP contribution in [0.5, 0.6) is 0 Å². The lowest BCUT2D eigenvalue weighted by Crippen LogP contribution is -2.47. The number of ether oxygens (including phenoxy) is 1. The van der Waals surface area contributed by atoms with Gasteiger partial charge in [0.15, 0.2) is 0 Å². The van der Waals surface area contributed by atoms with Crippen molar-refractivity contribution in [3.8, 4) is 0 Å². The molecule has 1 aliphatic heterocycles. The average molecular weight is 228 g/mol. The molecule has 2 heteroatoms. The van der Waals surface area contributed by atoms with Gasteiger partial charge in [0.05, 0.1) is 17.8 Å². The first kappa shape index (κ1) is 14.0. The molecule has 2 unspecified atom stereocenters. The monoisotopic (exact) mass is 228 g/mol. The summed E-state index contributed by atoms with van der Waals surface area (Å²) in [7, 11) is 0. The van der Waals surface area contributed by atoms with Crippen molar-refractivity contribution in [3.63, 3.8) is 0 Å². The molecule has 1 heterocycles. The van der Waals surface area contributed by atoms with E-state index in [1.165, 1.54) is 0 Å². The highest BCUT2D eigenvalue weighted by Crippen LogP contribution is 2.39. The molecule has 1 rings (SSSR count). The number of hydrogen-bond acceptors (Lipinski definition) is 2. The molecule has 1 N–H and O–H groups in total. The summed E-state index contributed by atoms with van der Waals surface area (Å²) < 4.78 is 5.78. The molecule has 2 nitrogen and oxygen atoms in total. The Morgan fingerprint density at radius 1 is 1.31 bits per heavy atom. The predicted octanol–water partition coefficient (Wildman–Crippen LogP) is 3.52. The molecule has 16 heavy (non-hydrogen) atoms. The Bertz CT molecular complexity index is 231. The molecular weight excluding hydrogens is 200 g/mol. The lowest BCUT2D eigenvalue weighted by Gasteiger charge is -2.44. The van der Waals surface area contributed by atoms with Crippen LogP contribution in [-0.2, 0) is 4.74 Å². The summed E-state index contributed by atoms with van der Waals surface area (Å²) in [5.41, 5.74) is -0.322. The Hall–Kier alpha value is -0.0800. The van der Waals surface area contributed by atoms with Gasteiger partial charge in [0.25, 0.3) is 0 Å². The van der Waals surface area contributed by atoms with Gasteiger partial charge in [-0.2, -0.15) is 0 Å². The van der Waals surface area contributed by atoms with Gasteiger partial charge >= 0.3 is 0 Å². The van der Waals surface area contributed by atoms with Crippen molar-refractivity contribution in [1.29, 1.82) is 0 Å². The normalized spacial score (nSPS) is 36.4. The minimum atomic E-state index is -0.504. The topological polar surface area (TPSA) is 29.5 Å². The Balaban J connectivity index is 2.56. The first-order chi connectivity index (χ1) is 7.18. The highest BCUT2D eigenvalue weighted by Gasteiger charge is 2.41. The molecule has 0 spiro atoms. The SMILES string of the molecule is CCC1(C)CC(O)(CCC(C)(C)C)CCO1. The van der Waals surface area contributed by atoms with Crippen LogP contribution in [0.15, 0.2) is 0 Å². The van der Waals surface area contributed by atoms with Gasteiger partial charge in [0.1, 0.15) is 0 Å². The maximum absolute atomic E-state index is 10.6. The van der Waals surface area contributed by atoms with Gasteiger partial charge in [0, 0.05) is 6.42 Å². The van der Waals surface area contributed by atoms with Gasteiger partial charge in [-0.05, 0) is 38.0 Å². The van der Waals surface area contributed by atoms with E-state index in [2.05, 4.69) is 34.6 Å². The molecule has 0 amide bonds. The van der Waals surface area contributed by atoms with E-state index in [0.29, 0.717) is 12.0 Å². The molecule has 1 aliphatic rings. The molecule has 1 saturated heterocycles. The summed E-state index contributed by atoms with van der Waals surface area (Å²) in [4.78, 5) is 0. The van der Waals surface area contributed by atoms with Gasteiger partial charge in [-0.15, -0.1) is 0 Å². The van der Waals surface area contributed by atoms with Crippen LogP contribution >= 0.6 is 0 Å². The Morgan fingerprint density at radius 2 is 1.94 bits per heavy atom. The first-order valence-electron chi connectivity index (χ1n) is 6.54. The van der Waals surface area contributed by atoms with E-state index < -0.39 is 5.60 Å². The van der Waals surface area contributed by atoms with Crippen LogP contribution in [0.1, 0.15) is 66.7 Å². The summed E-state index contributed by atoms with van der Waals surface area (Å²) in [6.45, 7) is 11.6. The van der Waals surface area contributed by atoms with Crippen molar-refractivity contribution in [1.82, 2.24) is 0 Å². The molecular formula is C14H28O2. The van der Waals surface area contributed by atoms with Gasteiger partial charge in [-0.25, -0.2) is 0 Å². The summed E-state index contributed by atoms with van der Waals surface area (Å²) >= 11 is 0. The smallest absolute Gasteiger partial charge is 0.0697 e. The lowest BCUT2D eigenvalue weighted by molar-refractivity contribution is -0.157. The van der Waals surface area contributed by atoms with Crippen LogP contribution in [0, 0.1) is 5.41 Å². The van der Waals surface area contributed by atoms with E-state index >= 15 is 0 Å². The molecule has 0 aliphatic carbocycles. The summed E-state index contributed by atoms with van der Waals surface area (Å²) in [5, 5.41) is 10.6. The predicted molar refractivity (Wildman–Crippen MR) is 67.5 cm³/mol. The third-order valence-electron chi connectivity index (χ3n) is 3.81. The van der Waals surface area contributed by atoms with Crippen LogP contribution in [0.4, 0.5) is 0 Å². The first-order valence-corrected chi connectivity index (χ1v) is 6.54. The fourth-order valence-corrected chi connectivity index (χ4v) is 2.37. The van der Waals surface area contributed by atoms with E-state index in [4.69, 9.17) is 4.74 Å². The van der Waals surface area contributed by atoms with Crippen molar-refractivity contribution >= 4 is 0 Å². The molecule has 0 saturated carbocycles. The second-order valence-corrected chi connectivity index (χ2v) is 6.86. The van der Waals surface area contributed by atoms with Crippen molar-refractivity contribution in [2.24, 2.45) is 5.41 Å². The Kier molecular flexibility index (Phi) is 4.07. The van der Waals surface area contributed by atoms with E-state index in [9.17, 15) is 5.11 Å². The zero-order chi connectivity index (χ0) is 12.4. The Labute approximate surface area is 100 Å². The van der Waals surface area contributed by atoms with Crippen LogP contribution < -0.4 is 0 Å². The van der Waals surface area contributed by atoms with Crippen molar-refractivity contribution in [2.45, 2.75) is 77.9 Å². The van der Waals surface area contributed by atoms with Crippen molar-refractivity contribution in [3.05, 3.63) is 0 Å². The molecule has 0 bridgehead atoms. The highest BCUT2D eigenvalue weighted by molar-refractivity contribution is 4.92. The second-order valence-electron chi connectivity index (χ2n) is 6.86. The van der Waals surface area contributed by atoms with Gasteiger partial charge in [-0.1, -0.05) is 27.7 Å². The number of rotatable bonds is 3. The Morgan fingerprint density at radius 3 is 2.44 bits per heavy atom. The maximum atomic E-state index is 10.6. The van der Waals surface area contributed by atoms with Crippen molar-refractivity contribution in [2.75, 3.05) is 6.61 Å². The highest BCUT2D eigenvalue weighted by atomic mass is 16.5. The molecule has 0 aromatic rings. The standard InChI is InChI=1S/C14H28O2/c1-6-13(5)11-14(15,9-10-16-13)8-7-12(2,3)4/h15H,6-11H2,1-5H3. The van der Waals surface area contributed by atoms with Gasteiger partial charge < -0.3 is 9.84 Å². The molecule has 96 valence electrons. The maximum Gasteiger partial charge on any atom is 0.0697 e. The van der Waals surface area contributed by atoms with Crippen molar-refractivity contribution < 1.29 is 9.84 Å². The van der Waals surface area contributed by atoms with Crippen LogP contribution in [0.25, 0.3) is 0 Å². The number of hydrogen-bond donors (Lipinski definition) is 1. The van der Waals surface area contributed by atoms with Crippen LogP contribution in [0.2, 0.25) is 0 Å². The average Bonchev–Trinajstić information content (AvgIpc) is 2.14. The summed E-state index contributed by atoms with van der Waals surface area (Å²) in [6.07, 6.45) is 4.52. The number of aliphatic hydroxyl groups is 1. The van der Waals surface area contributed by atoms with E-state index in [1.807, 2.05) is 0 Å². The molecule has 0 aromatic carbocycles. The van der Waals surface area contributed by atoms with Crippen LogP contribution in [-0.4, -0.2) is 22.9 Å². The summed E-state index contributed by atoms with van der Waals surface area (Å²) in [6, 6.07) is 0. The zero-order valence-corrected chi connectivity index (χ0v) is 11.6. The van der Waals surface area contributed by atoms with E-state index in [1.54, 1.807) is 0 Å². The minimum absolute atomic E-state index is 0.120. The third-order valence-corrected chi connectivity index (χ3v) is 3.81. The molecule has 0 radical (unpaired) electrons. The fourth-order valence-electron chi connectivity index (χ4n) is 2.37. The second kappa shape index (κ2) is 4.66. The molecule has 2 atom stereocenters. The fraction of sp³-hybridized carbons (Fsp3) is 1.00.